The zero-order valence-corrected chi connectivity index (χ0v) is 24.7. The molecule has 0 saturated heterocycles. The summed E-state index contributed by atoms with van der Waals surface area (Å²) in [5.41, 5.74) is 5.10. The highest BCUT2D eigenvalue weighted by molar-refractivity contribution is 5.92. The van der Waals surface area contributed by atoms with Crippen LogP contribution in [-0.2, 0) is 54.6 Å². The quantitative estimate of drug-likeness (QED) is 0.118. The molecule has 4 rings (SSSR count). The molecule has 1 heterocycles. The highest BCUT2D eigenvalue weighted by Crippen LogP contribution is 2.10. The Balaban J connectivity index is 1.48. The van der Waals surface area contributed by atoms with Gasteiger partial charge in [-0.15, -0.1) is 0 Å². The lowest BCUT2D eigenvalue weighted by atomic mass is 10.0. The van der Waals surface area contributed by atoms with Crippen LogP contribution in [0.1, 0.15) is 22.4 Å². The molecule has 45 heavy (non-hydrogen) atoms. The van der Waals surface area contributed by atoms with Crippen molar-refractivity contribution in [3.8, 4) is 0 Å². The number of hydrogen-bond acceptors (Lipinski definition) is 8. The molecule has 0 aliphatic carbocycles. The van der Waals surface area contributed by atoms with Crippen LogP contribution in [0.15, 0.2) is 104 Å². The lowest BCUT2D eigenvalue weighted by Crippen LogP contribution is -2.55. The maximum Gasteiger partial charge on any atom is 0.431 e. The molecule has 12 nitrogen and oxygen atoms in total. The summed E-state index contributed by atoms with van der Waals surface area (Å²) in [5, 5.41) is 5.44. The van der Waals surface area contributed by atoms with E-state index in [1.165, 1.54) is 19.6 Å². The van der Waals surface area contributed by atoms with Crippen molar-refractivity contribution in [2.45, 2.75) is 44.1 Å². The number of methoxy groups -OCH3 is 1. The third-order valence-corrected chi connectivity index (χ3v) is 6.75. The fourth-order valence-corrected chi connectivity index (χ4v) is 4.44. The number of hydrogen-bond donors (Lipinski definition) is 4. The average Bonchev–Trinajstić information content (AvgIpc) is 3.59. The third-order valence-electron chi connectivity index (χ3n) is 6.75. The van der Waals surface area contributed by atoms with Crippen molar-refractivity contribution in [1.82, 2.24) is 26.1 Å². The van der Waals surface area contributed by atoms with Crippen LogP contribution in [0.4, 0.5) is 4.79 Å². The van der Waals surface area contributed by atoms with Gasteiger partial charge in [0.25, 0.3) is 5.91 Å². The van der Waals surface area contributed by atoms with E-state index in [9.17, 15) is 19.2 Å². The Bertz CT molecular complexity index is 1500. The molecule has 4 N–H and O–H groups in total. The normalized spacial score (nSPS) is 12.6. The predicted octanol–water partition coefficient (Wildman–Crippen LogP) is 2.81. The molecule has 234 valence electrons. The minimum atomic E-state index is -1.23. The van der Waals surface area contributed by atoms with Crippen molar-refractivity contribution >= 4 is 23.9 Å². The second-order valence-corrected chi connectivity index (χ2v) is 10.1. The molecule has 12 heteroatoms. The number of imidazole rings is 1. The topological polar surface area (TPSA) is 161 Å². The summed E-state index contributed by atoms with van der Waals surface area (Å²) >= 11 is 0. The number of benzene rings is 3. The van der Waals surface area contributed by atoms with Crippen molar-refractivity contribution in [1.29, 1.82) is 0 Å². The van der Waals surface area contributed by atoms with E-state index < -0.39 is 42.1 Å². The molecular weight excluding hydrogens is 578 g/mol. The largest absolute Gasteiger partial charge is 0.467 e. The van der Waals surface area contributed by atoms with Crippen molar-refractivity contribution in [2.24, 2.45) is 0 Å². The van der Waals surface area contributed by atoms with Crippen molar-refractivity contribution in [3.63, 3.8) is 0 Å². The number of H-pyrrole nitrogens is 1. The van der Waals surface area contributed by atoms with Gasteiger partial charge in [0.1, 0.15) is 18.7 Å². The van der Waals surface area contributed by atoms with Gasteiger partial charge in [-0.25, -0.2) is 14.6 Å². The van der Waals surface area contributed by atoms with Crippen LogP contribution in [0.2, 0.25) is 0 Å². The summed E-state index contributed by atoms with van der Waals surface area (Å²) in [4.78, 5) is 64.6. The third kappa shape index (κ3) is 10.6. The first-order valence-electron chi connectivity index (χ1n) is 14.3. The van der Waals surface area contributed by atoms with E-state index in [1.807, 2.05) is 78.9 Å². The number of rotatable bonds is 15. The van der Waals surface area contributed by atoms with Crippen molar-refractivity contribution < 1.29 is 33.5 Å². The van der Waals surface area contributed by atoms with Gasteiger partial charge < -0.3 is 25.1 Å². The summed E-state index contributed by atoms with van der Waals surface area (Å²) < 4.78 is 10.1. The first-order chi connectivity index (χ1) is 21.9. The molecule has 3 atom stereocenters. The number of amides is 3. The van der Waals surface area contributed by atoms with E-state index in [1.54, 1.807) is 12.1 Å². The fourth-order valence-electron chi connectivity index (χ4n) is 4.44. The van der Waals surface area contributed by atoms with Gasteiger partial charge in [0.05, 0.1) is 13.4 Å². The first kappa shape index (κ1) is 32.4. The summed E-state index contributed by atoms with van der Waals surface area (Å²) in [6.45, 7) is 0.00477. The maximum atomic E-state index is 13.7. The van der Waals surface area contributed by atoms with Crippen LogP contribution >= 0.6 is 0 Å². The highest BCUT2D eigenvalue weighted by atomic mass is 16.7. The van der Waals surface area contributed by atoms with E-state index in [-0.39, 0.29) is 25.9 Å². The van der Waals surface area contributed by atoms with Crippen LogP contribution in [0.3, 0.4) is 0 Å². The molecule has 0 aliphatic heterocycles. The number of aromatic nitrogens is 2. The summed E-state index contributed by atoms with van der Waals surface area (Å²) in [7, 11) is 1.22. The molecule has 0 bridgehead atoms. The first-order valence-corrected chi connectivity index (χ1v) is 14.3. The molecule has 3 amide bonds. The molecule has 0 spiro atoms. The van der Waals surface area contributed by atoms with Crippen LogP contribution in [-0.4, -0.2) is 59.1 Å². The van der Waals surface area contributed by atoms with Gasteiger partial charge in [-0.3, -0.25) is 14.4 Å². The van der Waals surface area contributed by atoms with Gasteiger partial charge in [-0.1, -0.05) is 91.0 Å². The molecule has 0 radical (unpaired) electrons. The second kappa shape index (κ2) is 17.0. The Morgan fingerprint density at radius 3 is 1.89 bits per heavy atom. The number of ether oxygens (including phenoxy) is 2. The number of esters is 1. The van der Waals surface area contributed by atoms with Gasteiger partial charge >= 0.3 is 12.1 Å². The Labute approximate surface area is 260 Å². The van der Waals surface area contributed by atoms with Crippen LogP contribution < -0.4 is 16.1 Å². The zero-order valence-electron chi connectivity index (χ0n) is 24.7. The standard InChI is InChI=1S/C33H35N5O7/c1-43-32(41)28(19-26-20-34-22-35-26)37-30(39)27(17-23-11-5-2-6-12-23)36-31(40)29(18-24-13-7-3-8-14-24)45-38-33(42)44-21-25-15-9-4-10-16-25/h2-16,20,22,27-29H,17-19,21H2,1H3,(H,34,35)(H,36,40)(H,37,39)(H,38,42)/t27-,28-,29-/m0/s1. The molecule has 1 aromatic heterocycles. The van der Waals surface area contributed by atoms with Gasteiger partial charge in [-0.05, 0) is 16.7 Å². The molecule has 0 unspecified atom stereocenters. The van der Waals surface area contributed by atoms with Gasteiger partial charge in [-0.2, -0.15) is 5.48 Å². The minimum absolute atomic E-state index is 0.00477. The zero-order chi connectivity index (χ0) is 31.9. The molecule has 0 saturated carbocycles. The van der Waals surface area contributed by atoms with E-state index in [0.29, 0.717) is 5.69 Å². The SMILES string of the molecule is COC(=O)[C@H](Cc1cnc[nH]1)NC(=O)[C@H](Cc1ccccc1)NC(=O)[C@H](Cc1ccccc1)ONC(=O)OCc1ccccc1. The Morgan fingerprint density at radius 2 is 1.31 bits per heavy atom. The van der Waals surface area contributed by atoms with Crippen molar-refractivity contribution in [3.05, 3.63) is 126 Å². The number of hydroxylamine groups is 1. The van der Waals surface area contributed by atoms with Crippen LogP contribution in [0, 0.1) is 0 Å². The van der Waals surface area contributed by atoms with Gasteiger partial charge in [0.15, 0.2) is 6.10 Å². The van der Waals surface area contributed by atoms with E-state index in [0.717, 1.165) is 16.7 Å². The average molecular weight is 614 g/mol. The Kier molecular flexibility index (Phi) is 12.2. The van der Waals surface area contributed by atoms with Crippen LogP contribution in [0.25, 0.3) is 0 Å². The number of nitrogens with one attached hydrogen (secondary N) is 4. The summed E-state index contributed by atoms with van der Waals surface area (Å²) in [5.74, 6) is -1.94. The molecular formula is C33H35N5O7. The van der Waals surface area contributed by atoms with Crippen molar-refractivity contribution in [2.75, 3.05) is 7.11 Å². The Morgan fingerprint density at radius 1 is 0.733 bits per heavy atom. The van der Waals surface area contributed by atoms with E-state index in [4.69, 9.17) is 14.3 Å². The van der Waals surface area contributed by atoms with Gasteiger partial charge in [0.2, 0.25) is 5.91 Å². The molecule has 0 fully saturated rings. The number of carbonyl (C=O) groups is 4. The maximum absolute atomic E-state index is 13.7. The fraction of sp³-hybridized carbons (Fsp3) is 0.242. The highest BCUT2D eigenvalue weighted by Gasteiger charge is 2.31. The van der Waals surface area contributed by atoms with Gasteiger partial charge in [0, 0.05) is 31.2 Å². The monoisotopic (exact) mass is 613 g/mol. The lowest BCUT2D eigenvalue weighted by Gasteiger charge is -2.24. The Hall–Kier alpha value is -5.49. The molecule has 3 aromatic carbocycles. The predicted molar refractivity (Wildman–Crippen MR) is 163 cm³/mol. The van der Waals surface area contributed by atoms with E-state index in [2.05, 4.69) is 26.1 Å². The summed E-state index contributed by atoms with van der Waals surface area (Å²) in [6.07, 6.45) is 1.17. The van der Waals surface area contributed by atoms with E-state index >= 15 is 0 Å². The second-order valence-electron chi connectivity index (χ2n) is 10.1. The molecule has 4 aromatic rings. The molecule has 0 aliphatic rings. The van der Waals surface area contributed by atoms with Crippen LogP contribution in [0.5, 0.6) is 0 Å². The summed E-state index contributed by atoms with van der Waals surface area (Å²) in [6, 6.07) is 25.1. The number of carbonyl (C=O) groups excluding carboxylic acids is 4. The lowest BCUT2D eigenvalue weighted by molar-refractivity contribution is -0.145. The minimum Gasteiger partial charge on any atom is -0.467 e. The number of aromatic amines is 1. The number of nitrogens with zero attached hydrogens (tertiary/aromatic N) is 1. The smallest absolute Gasteiger partial charge is 0.431 e.